The molecule has 2 saturated heterocycles. The maximum absolute atomic E-state index is 13.7. The molecule has 2 aromatic carbocycles. The van der Waals surface area contributed by atoms with E-state index in [9.17, 15) is 18.0 Å². The summed E-state index contributed by atoms with van der Waals surface area (Å²) in [5.41, 5.74) is 2.69. The molecule has 10 nitrogen and oxygen atoms in total. The summed E-state index contributed by atoms with van der Waals surface area (Å²) < 4.78 is 35.7. The van der Waals surface area contributed by atoms with Crippen molar-refractivity contribution in [2.45, 2.75) is 43.9 Å². The van der Waals surface area contributed by atoms with Gasteiger partial charge in [-0.15, -0.1) is 0 Å². The minimum absolute atomic E-state index is 0.152. The minimum atomic E-state index is -3.81. The second kappa shape index (κ2) is 13.1. The molecule has 0 bridgehead atoms. The molecule has 3 aromatic rings. The van der Waals surface area contributed by atoms with Crippen LogP contribution in [-0.2, 0) is 24.3 Å². The monoisotopic (exact) mass is 633 g/mol. The fourth-order valence-electron chi connectivity index (χ4n) is 5.73. The van der Waals surface area contributed by atoms with Gasteiger partial charge in [0.25, 0.3) is 5.91 Å². The van der Waals surface area contributed by atoms with Crippen LogP contribution < -0.4 is 0 Å². The first kappa shape index (κ1) is 30.3. The van der Waals surface area contributed by atoms with E-state index >= 15 is 0 Å². The number of thioether (sulfide) groups is 1. The van der Waals surface area contributed by atoms with Gasteiger partial charge in [-0.05, 0) is 81.1 Å². The fourth-order valence-corrected chi connectivity index (χ4v) is 8.21. The number of nitrogens with zero attached hydrogens (tertiary/aromatic N) is 5. The zero-order valence-corrected chi connectivity index (χ0v) is 26.2. The summed E-state index contributed by atoms with van der Waals surface area (Å²) in [5, 5.41) is 5.59. The Morgan fingerprint density at radius 2 is 1.77 bits per heavy atom. The number of carbonyl (C=O) groups is 2. The van der Waals surface area contributed by atoms with E-state index in [4.69, 9.17) is 9.84 Å². The lowest BCUT2D eigenvalue weighted by Gasteiger charge is -2.30. The lowest BCUT2D eigenvalue weighted by molar-refractivity contribution is -0.149. The molecule has 2 fully saturated rings. The molecule has 0 aliphatic carbocycles. The number of rotatable bonds is 7. The van der Waals surface area contributed by atoms with Crippen LogP contribution in [0, 0.1) is 5.92 Å². The number of likely N-dealkylation sites (tertiary alicyclic amines) is 1. The number of carbonyl (C=O) groups excluding carboxylic acids is 2. The molecule has 3 aliphatic rings. The Labute approximate surface area is 261 Å². The molecule has 0 radical (unpaired) electrons. The predicted octanol–water partition coefficient (Wildman–Crippen LogP) is 4.96. The molecule has 0 N–H and O–H groups in total. The highest BCUT2D eigenvalue weighted by Gasteiger charge is 2.33. The summed E-state index contributed by atoms with van der Waals surface area (Å²) in [7, 11) is -3.81. The quantitative estimate of drug-likeness (QED) is 0.265. The summed E-state index contributed by atoms with van der Waals surface area (Å²) in [6, 6.07) is 16.4. The molecule has 0 spiro atoms. The summed E-state index contributed by atoms with van der Waals surface area (Å²) in [4.78, 5) is 32.3. The second-order valence-electron chi connectivity index (χ2n) is 11.0. The maximum Gasteiger partial charge on any atom is 0.309 e. The Kier molecular flexibility index (Phi) is 9.01. The smallest absolute Gasteiger partial charge is 0.309 e. The van der Waals surface area contributed by atoms with Gasteiger partial charge < -0.3 is 9.64 Å². The van der Waals surface area contributed by atoms with E-state index in [1.54, 1.807) is 35.9 Å². The molecule has 0 saturated carbocycles. The van der Waals surface area contributed by atoms with E-state index in [2.05, 4.69) is 9.89 Å². The molecular weight excluding hydrogens is 599 g/mol. The summed E-state index contributed by atoms with van der Waals surface area (Å²) >= 11 is 1.38. The van der Waals surface area contributed by atoms with Crippen molar-refractivity contribution in [3.05, 3.63) is 71.3 Å². The zero-order chi connectivity index (χ0) is 30.7. The van der Waals surface area contributed by atoms with Gasteiger partial charge in [0.1, 0.15) is 5.69 Å². The Balaban J connectivity index is 1.30. The number of ether oxygens (including phenoxy) is 1. The van der Waals surface area contributed by atoms with Crippen LogP contribution in [0.5, 0.6) is 0 Å². The van der Waals surface area contributed by atoms with Gasteiger partial charge in [-0.3, -0.25) is 9.59 Å². The van der Waals surface area contributed by atoms with Crippen LogP contribution in [0.3, 0.4) is 0 Å². The van der Waals surface area contributed by atoms with Gasteiger partial charge in [0, 0.05) is 43.5 Å². The Morgan fingerprint density at radius 3 is 2.50 bits per heavy atom. The molecule has 1 aromatic heterocycles. The molecule has 0 unspecified atom stereocenters. The van der Waals surface area contributed by atoms with Crippen molar-refractivity contribution in [1.82, 2.24) is 19.0 Å². The Hall–Kier alpha value is -3.74. The van der Waals surface area contributed by atoms with Crippen LogP contribution in [0.15, 0.2) is 75.6 Å². The summed E-state index contributed by atoms with van der Waals surface area (Å²) in [5.74, 6) is -0.841. The third-order valence-corrected chi connectivity index (χ3v) is 11.0. The van der Waals surface area contributed by atoms with Crippen molar-refractivity contribution in [2.24, 2.45) is 10.9 Å². The highest BCUT2D eigenvalue weighted by atomic mass is 32.2. The first-order chi connectivity index (χ1) is 21.3. The van der Waals surface area contributed by atoms with Crippen molar-refractivity contribution in [3.63, 3.8) is 0 Å². The third-order valence-electron chi connectivity index (χ3n) is 8.10. The normalized spacial score (nSPS) is 19.4. The Morgan fingerprint density at radius 1 is 1.02 bits per heavy atom. The SMILES string of the molecule is CCOC(=O)C1CCN(S(=O)(=O)c2cccc(-c3nn(-c4ccccc4)cc3C=C3SC(N4CCCCC4)=NC3=O)c2)CC1. The van der Waals surface area contributed by atoms with Gasteiger partial charge >= 0.3 is 5.97 Å². The van der Waals surface area contributed by atoms with Crippen LogP contribution in [0.2, 0.25) is 0 Å². The number of aliphatic imine (C=N–C) groups is 1. The average Bonchev–Trinajstić information content (AvgIpc) is 3.65. The third kappa shape index (κ3) is 6.38. The van der Waals surface area contributed by atoms with E-state index in [1.165, 1.54) is 22.5 Å². The van der Waals surface area contributed by atoms with Crippen LogP contribution in [0.1, 0.15) is 44.6 Å². The van der Waals surface area contributed by atoms with Gasteiger partial charge in [-0.2, -0.15) is 14.4 Å². The van der Waals surface area contributed by atoms with E-state index in [-0.39, 0.29) is 35.8 Å². The molecule has 1 amide bonds. The maximum atomic E-state index is 13.7. The van der Waals surface area contributed by atoms with Gasteiger partial charge in [0.15, 0.2) is 5.17 Å². The largest absolute Gasteiger partial charge is 0.466 e. The number of amides is 1. The lowest BCUT2D eigenvalue weighted by atomic mass is 9.98. The van der Waals surface area contributed by atoms with Crippen LogP contribution in [0.25, 0.3) is 23.0 Å². The number of piperidine rings is 2. The molecule has 3 aliphatic heterocycles. The average molecular weight is 634 g/mol. The fraction of sp³-hybridized carbons (Fsp3) is 0.375. The van der Waals surface area contributed by atoms with Crippen molar-refractivity contribution in [1.29, 1.82) is 0 Å². The van der Waals surface area contributed by atoms with Crippen molar-refractivity contribution in [2.75, 3.05) is 32.8 Å². The molecule has 12 heteroatoms. The number of esters is 1. The molecule has 44 heavy (non-hydrogen) atoms. The number of benzene rings is 2. The van der Waals surface area contributed by atoms with E-state index in [0.29, 0.717) is 41.2 Å². The number of hydrogen-bond donors (Lipinski definition) is 0. The second-order valence-corrected chi connectivity index (χ2v) is 14.0. The molecule has 4 heterocycles. The summed E-state index contributed by atoms with van der Waals surface area (Å²) in [6.07, 6.45) is 7.86. The first-order valence-corrected chi connectivity index (χ1v) is 17.3. The topological polar surface area (TPSA) is 114 Å². The molecule has 230 valence electrons. The number of aromatic nitrogens is 2. The minimum Gasteiger partial charge on any atom is -0.466 e. The van der Waals surface area contributed by atoms with Gasteiger partial charge in [0.05, 0.1) is 28.0 Å². The highest BCUT2D eigenvalue weighted by Crippen LogP contribution is 2.35. The van der Waals surface area contributed by atoms with Crippen LogP contribution in [-0.4, -0.2) is 77.2 Å². The van der Waals surface area contributed by atoms with Crippen molar-refractivity contribution >= 4 is 44.9 Å². The Bertz CT molecular complexity index is 1700. The van der Waals surface area contributed by atoms with Crippen molar-refractivity contribution in [3.8, 4) is 16.9 Å². The van der Waals surface area contributed by atoms with Gasteiger partial charge in [-0.1, -0.05) is 30.3 Å². The van der Waals surface area contributed by atoms with E-state index < -0.39 is 10.0 Å². The first-order valence-electron chi connectivity index (χ1n) is 15.0. The van der Waals surface area contributed by atoms with Gasteiger partial charge in [0.2, 0.25) is 10.0 Å². The summed E-state index contributed by atoms with van der Waals surface area (Å²) in [6.45, 7) is 4.35. The van der Waals surface area contributed by atoms with E-state index in [1.807, 2.05) is 42.6 Å². The zero-order valence-electron chi connectivity index (χ0n) is 24.6. The van der Waals surface area contributed by atoms with Gasteiger partial charge in [-0.25, -0.2) is 13.1 Å². The number of para-hydroxylation sites is 1. The molecular formula is C32H35N5O5S2. The number of hydrogen-bond acceptors (Lipinski definition) is 8. The van der Waals surface area contributed by atoms with Crippen LogP contribution in [0.4, 0.5) is 0 Å². The van der Waals surface area contributed by atoms with Crippen molar-refractivity contribution < 1.29 is 22.7 Å². The lowest BCUT2D eigenvalue weighted by Crippen LogP contribution is -2.40. The predicted molar refractivity (Wildman–Crippen MR) is 171 cm³/mol. The number of sulfonamides is 1. The molecule has 0 atom stereocenters. The standard InChI is InChI=1S/C32H35N5O5S2/c1-2-42-31(39)23-14-18-36(19-15-23)44(40,41)27-13-9-10-24(20-27)29-25(22-37(34-29)26-11-5-3-6-12-26)21-28-30(38)33-32(43-28)35-16-7-4-8-17-35/h3,5-6,9-13,20-23H,2,4,7-8,14-19H2,1H3. The highest BCUT2D eigenvalue weighted by molar-refractivity contribution is 8.18. The van der Waals surface area contributed by atoms with E-state index in [0.717, 1.165) is 36.8 Å². The molecule has 6 rings (SSSR count). The van der Waals surface area contributed by atoms with Crippen LogP contribution >= 0.6 is 11.8 Å². The number of amidine groups is 1.